The number of benzene rings is 1. The molecular weight excluding hydrogens is 250 g/mol. The monoisotopic (exact) mass is 269 g/mol. The summed E-state index contributed by atoms with van der Waals surface area (Å²) in [5.41, 5.74) is 6.74. The van der Waals surface area contributed by atoms with Crippen LogP contribution in [0.25, 0.3) is 0 Å². The van der Waals surface area contributed by atoms with Gasteiger partial charge >= 0.3 is 0 Å². The van der Waals surface area contributed by atoms with Gasteiger partial charge in [0.15, 0.2) is 0 Å². The Morgan fingerprint density at radius 1 is 1.28 bits per heavy atom. The summed E-state index contributed by atoms with van der Waals surface area (Å²) in [7, 11) is -1.61. The van der Waals surface area contributed by atoms with Crippen molar-refractivity contribution in [2.45, 2.75) is 23.8 Å². The van der Waals surface area contributed by atoms with Crippen LogP contribution in [0, 0.1) is 5.92 Å². The van der Waals surface area contributed by atoms with E-state index in [1.807, 2.05) is 7.05 Å². The average Bonchev–Trinajstić information content (AvgIpc) is 2.26. The highest BCUT2D eigenvalue weighted by Crippen LogP contribution is 2.27. The summed E-state index contributed by atoms with van der Waals surface area (Å²) in [6.45, 7) is 0.947. The fourth-order valence-corrected chi connectivity index (χ4v) is 2.83. The van der Waals surface area contributed by atoms with E-state index in [9.17, 15) is 8.42 Å². The maximum absolute atomic E-state index is 11.1. The van der Waals surface area contributed by atoms with Gasteiger partial charge < -0.3 is 10.6 Å². The third-order valence-electron chi connectivity index (χ3n) is 3.41. The van der Waals surface area contributed by atoms with Crippen molar-refractivity contribution in [3.8, 4) is 0 Å². The molecule has 0 bridgehead atoms. The average molecular weight is 269 g/mol. The third-order valence-corrected chi connectivity index (χ3v) is 4.34. The first-order chi connectivity index (χ1) is 8.36. The Balaban J connectivity index is 2.01. The molecule has 1 saturated carbocycles. The van der Waals surface area contributed by atoms with Crippen LogP contribution in [0.1, 0.15) is 12.8 Å². The van der Waals surface area contributed by atoms with E-state index in [0.29, 0.717) is 12.0 Å². The summed E-state index contributed by atoms with van der Waals surface area (Å²) in [4.78, 5) is 2.26. The van der Waals surface area contributed by atoms with Crippen LogP contribution < -0.4 is 15.8 Å². The maximum Gasteiger partial charge on any atom is 0.238 e. The number of hydrogen-bond acceptors (Lipinski definition) is 4. The van der Waals surface area contributed by atoms with Gasteiger partial charge in [0.1, 0.15) is 0 Å². The van der Waals surface area contributed by atoms with Crippen molar-refractivity contribution in [1.29, 1.82) is 0 Å². The predicted molar refractivity (Wildman–Crippen MR) is 71.8 cm³/mol. The SMILES string of the molecule is CN(CC1CC(N)C1)c1ccc(S(N)(=O)=O)cc1. The first-order valence-electron chi connectivity index (χ1n) is 5.96. The molecule has 18 heavy (non-hydrogen) atoms. The van der Waals surface area contributed by atoms with Gasteiger partial charge in [0.05, 0.1) is 4.90 Å². The van der Waals surface area contributed by atoms with Crippen molar-refractivity contribution in [3.63, 3.8) is 0 Å². The van der Waals surface area contributed by atoms with Crippen molar-refractivity contribution in [2.24, 2.45) is 16.8 Å². The molecule has 0 radical (unpaired) electrons. The molecule has 5 nitrogen and oxygen atoms in total. The highest BCUT2D eigenvalue weighted by Gasteiger charge is 2.26. The Bertz CT molecular complexity index is 507. The standard InChI is InChI=1S/C12H19N3O2S/c1-15(8-9-6-10(13)7-9)11-2-4-12(5-3-11)18(14,16)17/h2-5,9-10H,6-8,13H2,1H3,(H2,14,16,17). The normalized spacial score (nSPS) is 23.5. The fourth-order valence-electron chi connectivity index (χ4n) is 2.32. The van der Waals surface area contributed by atoms with Gasteiger partial charge in [0.2, 0.25) is 10.0 Å². The van der Waals surface area contributed by atoms with Crippen molar-refractivity contribution in [2.75, 3.05) is 18.5 Å². The van der Waals surface area contributed by atoms with Gasteiger partial charge in [-0.05, 0) is 43.0 Å². The molecule has 0 heterocycles. The van der Waals surface area contributed by atoms with Gasteiger partial charge in [0, 0.05) is 25.3 Å². The second-order valence-electron chi connectivity index (χ2n) is 5.02. The second-order valence-corrected chi connectivity index (χ2v) is 6.58. The molecule has 2 rings (SSSR count). The quantitative estimate of drug-likeness (QED) is 0.833. The van der Waals surface area contributed by atoms with E-state index >= 15 is 0 Å². The number of nitrogens with zero attached hydrogens (tertiary/aromatic N) is 1. The number of sulfonamides is 1. The molecule has 0 aliphatic heterocycles. The van der Waals surface area contributed by atoms with Crippen LogP contribution in [-0.4, -0.2) is 28.1 Å². The van der Waals surface area contributed by atoms with Crippen LogP contribution in [0.2, 0.25) is 0 Å². The Hall–Kier alpha value is -1.11. The molecule has 1 aliphatic carbocycles. The Morgan fingerprint density at radius 3 is 2.28 bits per heavy atom. The minimum atomic E-state index is -3.60. The lowest BCUT2D eigenvalue weighted by Gasteiger charge is -2.36. The summed E-state index contributed by atoms with van der Waals surface area (Å²) in [6, 6.07) is 6.98. The Morgan fingerprint density at radius 2 is 1.83 bits per heavy atom. The summed E-state index contributed by atoms with van der Waals surface area (Å²) in [5.74, 6) is 0.642. The van der Waals surface area contributed by atoms with Crippen LogP contribution >= 0.6 is 0 Å². The van der Waals surface area contributed by atoms with Gasteiger partial charge in [-0.15, -0.1) is 0 Å². The minimum absolute atomic E-state index is 0.144. The number of hydrogen-bond donors (Lipinski definition) is 2. The minimum Gasteiger partial charge on any atom is -0.374 e. The zero-order valence-corrected chi connectivity index (χ0v) is 11.2. The number of primary sulfonamides is 1. The molecular formula is C12H19N3O2S. The lowest BCUT2D eigenvalue weighted by molar-refractivity contribution is 0.271. The lowest BCUT2D eigenvalue weighted by atomic mass is 9.80. The van der Waals surface area contributed by atoms with Crippen molar-refractivity contribution in [3.05, 3.63) is 24.3 Å². The first-order valence-corrected chi connectivity index (χ1v) is 7.50. The van der Waals surface area contributed by atoms with Gasteiger partial charge in [-0.3, -0.25) is 0 Å². The number of anilines is 1. The second kappa shape index (κ2) is 4.87. The molecule has 1 aliphatic rings. The largest absolute Gasteiger partial charge is 0.374 e. The first kappa shape index (κ1) is 13.3. The number of nitrogens with two attached hydrogens (primary N) is 2. The topological polar surface area (TPSA) is 89.4 Å². The zero-order chi connectivity index (χ0) is 13.3. The summed E-state index contributed by atoms with van der Waals surface area (Å²) in [5, 5.41) is 5.05. The van der Waals surface area contributed by atoms with E-state index in [1.165, 1.54) is 12.1 Å². The van der Waals surface area contributed by atoms with Crippen LogP contribution in [-0.2, 0) is 10.0 Å². The van der Waals surface area contributed by atoms with Crippen LogP contribution in [0.15, 0.2) is 29.2 Å². The molecule has 0 spiro atoms. The maximum atomic E-state index is 11.1. The smallest absolute Gasteiger partial charge is 0.238 e. The van der Waals surface area contributed by atoms with E-state index in [0.717, 1.165) is 25.1 Å². The molecule has 1 fully saturated rings. The molecule has 1 aromatic carbocycles. The zero-order valence-electron chi connectivity index (χ0n) is 10.4. The molecule has 1 aromatic rings. The van der Waals surface area contributed by atoms with Crippen LogP contribution in [0.4, 0.5) is 5.69 Å². The van der Waals surface area contributed by atoms with Crippen molar-refractivity contribution in [1.82, 2.24) is 0 Å². The molecule has 0 saturated heterocycles. The van der Waals surface area contributed by atoms with Gasteiger partial charge in [-0.25, -0.2) is 13.6 Å². The molecule has 0 aromatic heterocycles. The molecule has 0 amide bonds. The third kappa shape index (κ3) is 3.01. The van der Waals surface area contributed by atoms with E-state index in [2.05, 4.69) is 4.90 Å². The van der Waals surface area contributed by atoms with Gasteiger partial charge in [-0.1, -0.05) is 0 Å². The van der Waals surface area contributed by atoms with E-state index in [-0.39, 0.29) is 4.90 Å². The molecule has 4 N–H and O–H groups in total. The summed E-state index contributed by atoms with van der Waals surface area (Å²) >= 11 is 0. The fraction of sp³-hybridized carbons (Fsp3) is 0.500. The van der Waals surface area contributed by atoms with E-state index < -0.39 is 10.0 Å². The Kier molecular flexibility index (Phi) is 3.61. The highest BCUT2D eigenvalue weighted by molar-refractivity contribution is 7.89. The predicted octanol–water partition coefficient (Wildman–Crippen LogP) is 0.507. The molecule has 100 valence electrons. The van der Waals surface area contributed by atoms with Gasteiger partial charge in [-0.2, -0.15) is 0 Å². The summed E-state index contributed by atoms with van der Waals surface area (Å²) < 4.78 is 22.3. The molecule has 6 heteroatoms. The lowest BCUT2D eigenvalue weighted by Crippen LogP contribution is -2.41. The van der Waals surface area contributed by atoms with Crippen molar-refractivity contribution < 1.29 is 8.42 Å². The highest BCUT2D eigenvalue weighted by atomic mass is 32.2. The summed E-state index contributed by atoms with van der Waals surface area (Å²) in [6.07, 6.45) is 2.14. The number of rotatable bonds is 4. The Labute approximate surface area is 108 Å². The van der Waals surface area contributed by atoms with E-state index in [1.54, 1.807) is 12.1 Å². The van der Waals surface area contributed by atoms with Crippen molar-refractivity contribution >= 4 is 15.7 Å². The van der Waals surface area contributed by atoms with Crippen LogP contribution in [0.5, 0.6) is 0 Å². The molecule has 0 atom stereocenters. The van der Waals surface area contributed by atoms with E-state index in [4.69, 9.17) is 10.9 Å². The van der Waals surface area contributed by atoms with Crippen LogP contribution in [0.3, 0.4) is 0 Å². The van der Waals surface area contributed by atoms with Gasteiger partial charge in [0.25, 0.3) is 0 Å². The molecule has 0 unspecified atom stereocenters.